The Kier molecular flexibility index (Phi) is 11.7. The molecule has 1 aromatic carbocycles. The van der Waals surface area contributed by atoms with Gasteiger partial charge in [-0.05, 0) is 38.5 Å². The third-order valence-corrected chi connectivity index (χ3v) is 5.30. The lowest BCUT2D eigenvalue weighted by Crippen LogP contribution is -2.52. The molecule has 0 aromatic heterocycles. The van der Waals surface area contributed by atoms with E-state index in [2.05, 4.69) is 35.9 Å². The van der Waals surface area contributed by atoms with E-state index in [1.165, 1.54) is 0 Å². The number of aliphatic imine (C=N–C) groups is 1. The van der Waals surface area contributed by atoms with Crippen LogP contribution in [-0.2, 0) is 11.3 Å². The van der Waals surface area contributed by atoms with Crippen molar-refractivity contribution in [1.29, 1.82) is 0 Å². The summed E-state index contributed by atoms with van der Waals surface area (Å²) in [5.41, 5.74) is 0.870. The van der Waals surface area contributed by atoms with Gasteiger partial charge in [-0.1, -0.05) is 0 Å². The van der Waals surface area contributed by atoms with Crippen LogP contribution in [0.25, 0.3) is 0 Å². The van der Waals surface area contributed by atoms with Crippen LogP contribution in [0.4, 0.5) is 0 Å². The Morgan fingerprint density at radius 3 is 2.03 bits per heavy atom. The zero-order valence-electron chi connectivity index (χ0n) is 20.0. The number of rotatable bonds is 9. The summed E-state index contributed by atoms with van der Waals surface area (Å²) in [6, 6.07) is 4.04. The van der Waals surface area contributed by atoms with E-state index in [4.69, 9.17) is 23.9 Å². The SMILES string of the molecule is CCNC(=NCC(C)(C)OC)N1CCN(Cc2cc(OC)c(OC)c(OC)c2)CC1.I. The average molecular weight is 550 g/mol. The maximum Gasteiger partial charge on any atom is 0.203 e. The molecule has 31 heavy (non-hydrogen) atoms. The minimum Gasteiger partial charge on any atom is -0.493 e. The third-order valence-electron chi connectivity index (χ3n) is 5.30. The smallest absolute Gasteiger partial charge is 0.203 e. The van der Waals surface area contributed by atoms with Crippen LogP contribution in [0.15, 0.2) is 17.1 Å². The van der Waals surface area contributed by atoms with Gasteiger partial charge in [0.15, 0.2) is 17.5 Å². The van der Waals surface area contributed by atoms with Gasteiger partial charge >= 0.3 is 0 Å². The van der Waals surface area contributed by atoms with Gasteiger partial charge in [0.05, 0.1) is 33.5 Å². The topological polar surface area (TPSA) is 67.8 Å². The van der Waals surface area contributed by atoms with Crippen molar-refractivity contribution in [2.24, 2.45) is 4.99 Å². The minimum atomic E-state index is -0.269. The van der Waals surface area contributed by atoms with Gasteiger partial charge in [0, 0.05) is 46.4 Å². The number of ether oxygens (including phenoxy) is 4. The summed E-state index contributed by atoms with van der Waals surface area (Å²) in [6.07, 6.45) is 0. The van der Waals surface area contributed by atoms with Crippen molar-refractivity contribution in [2.45, 2.75) is 32.9 Å². The van der Waals surface area contributed by atoms with Gasteiger partial charge in [0.2, 0.25) is 5.75 Å². The van der Waals surface area contributed by atoms with Crippen LogP contribution in [-0.4, -0.2) is 89.1 Å². The van der Waals surface area contributed by atoms with Gasteiger partial charge in [-0.15, -0.1) is 24.0 Å². The zero-order chi connectivity index (χ0) is 22.1. The van der Waals surface area contributed by atoms with Gasteiger partial charge in [0.1, 0.15) is 0 Å². The summed E-state index contributed by atoms with van der Waals surface area (Å²) in [6.45, 7) is 12.2. The van der Waals surface area contributed by atoms with Gasteiger partial charge in [-0.3, -0.25) is 9.89 Å². The van der Waals surface area contributed by atoms with E-state index in [9.17, 15) is 0 Å². The summed E-state index contributed by atoms with van der Waals surface area (Å²) in [4.78, 5) is 9.54. The zero-order valence-corrected chi connectivity index (χ0v) is 22.3. The largest absolute Gasteiger partial charge is 0.493 e. The third kappa shape index (κ3) is 7.87. The maximum absolute atomic E-state index is 5.50. The number of nitrogens with one attached hydrogen (secondary N) is 1. The Balaban J connectivity index is 0.00000480. The fraction of sp³-hybridized carbons (Fsp3) is 0.682. The Morgan fingerprint density at radius 2 is 1.58 bits per heavy atom. The second kappa shape index (κ2) is 13.2. The molecule has 0 radical (unpaired) electrons. The minimum absolute atomic E-state index is 0. The van der Waals surface area contributed by atoms with E-state index >= 15 is 0 Å². The number of benzene rings is 1. The molecule has 1 saturated heterocycles. The molecule has 0 unspecified atom stereocenters. The van der Waals surface area contributed by atoms with E-state index < -0.39 is 0 Å². The number of methoxy groups -OCH3 is 4. The van der Waals surface area contributed by atoms with E-state index in [-0.39, 0.29) is 29.6 Å². The highest BCUT2D eigenvalue weighted by Crippen LogP contribution is 2.38. The van der Waals surface area contributed by atoms with Crippen LogP contribution in [0.5, 0.6) is 17.2 Å². The van der Waals surface area contributed by atoms with Crippen LogP contribution in [0.3, 0.4) is 0 Å². The van der Waals surface area contributed by atoms with Gasteiger partial charge < -0.3 is 29.2 Å². The molecule has 9 heteroatoms. The second-order valence-corrected chi connectivity index (χ2v) is 7.93. The highest BCUT2D eigenvalue weighted by molar-refractivity contribution is 14.0. The molecule has 0 spiro atoms. The van der Waals surface area contributed by atoms with Crippen LogP contribution >= 0.6 is 24.0 Å². The number of piperazine rings is 1. The molecule has 1 aliphatic rings. The van der Waals surface area contributed by atoms with E-state index in [1.54, 1.807) is 28.4 Å². The summed E-state index contributed by atoms with van der Waals surface area (Å²) < 4.78 is 21.9. The standard InChI is InChI=1S/C22H38N4O4.HI/c1-8-23-21(24-16-22(2,3)30-7)26-11-9-25(10-12-26)15-17-13-18(27-4)20(29-6)19(14-17)28-5;/h13-14H,8-12,15-16H2,1-7H3,(H,23,24);1H. The first-order valence-corrected chi connectivity index (χ1v) is 10.5. The summed E-state index contributed by atoms with van der Waals surface area (Å²) >= 11 is 0. The van der Waals surface area contributed by atoms with Crippen molar-refractivity contribution in [3.63, 3.8) is 0 Å². The lowest BCUT2D eigenvalue weighted by atomic mass is 10.1. The Hall–Kier alpha value is -1.46. The molecule has 1 heterocycles. The molecule has 1 fully saturated rings. The van der Waals surface area contributed by atoms with Gasteiger partial charge in [-0.25, -0.2) is 0 Å². The molecule has 0 atom stereocenters. The first-order chi connectivity index (χ1) is 14.4. The Bertz CT molecular complexity index is 682. The number of hydrogen-bond acceptors (Lipinski definition) is 6. The number of nitrogens with zero attached hydrogens (tertiary/aromatic N) is 3. The van der Waals surface area contributed by atoms with E-state index in [0.29, 0.717) is 23.8 Å². The normalized spacial score (nSPS) is 15.3. The molecular weight excluding hydrogens is 511 g/mol. The van der Waals surface area contributed by atoms with Crippen molar-refractivity contribution in [2.75, 3.05) is 67.7 Å². The van der Waals surface area contributed by atoms with Crippen LogP contribution < -0.4 is 19.5 Å². The summed E-state index contributed by atoms with van der Waals surface area (Å²) in [7, 11) is 6.64. The van der Waals surface area contributed by atoms with E-state index in [0.717, 1.165) is 50.8 Å². The lowest BCUT2D eigenvalue weighted by molar-refractivity contribution is 0.0308. The molecule has 0 bridgehead atoms. The molecule has 1 N–H and O–H groups in total. The van der Waals surface area contributed by atoms with Gasteiger partial charge in [0.25, 0.3) is 0 Å². The fourth-order valence-corrected chi connectivity index (χ4v) is 3.36. The Morgan fingerprint density at radius 1 is 1.00 bits per heavy atom. The molecule has 8 nitrogen and oxygen atoms in total. The van der Waals surface area contributed by atoms with Crippen molar-refractivity contribution >= 4 is 29.9 Å². The molecule has 2 rings (SSSR count). The van der Waals surface area contributed by atoms with Crippen LogP contribution in [0.1, 0.15) is 26.3 Å². The molecular formula is C22H39IN4O4. The molecule has 1 aromatic rings. The van der Waals surface area contributed by atoms with E-state index in [1.807, 2.05) is 12.1 Å². The van der Waals surface area contributed by atoms with Crippen LogP contribution in [0, 0.1) is 0 Å². The van der Waals surface area contributed by atoms with Gasteiger partial charge in [-0.2, -0.15) is 0 Å². The fourth-order valence-electron chi connectivity index (χ4n) is 3.36. The quantitative estimate of drug-likeness (QED) is 0.288. The predicted molar refractivity (Wildman–Crippen MR) is 135 cm³/mol. The number of hydrogen-bond donors (Lipinski definition) is 1. The van der Waals surface area contributed by atoms with Crippen molar-refractivity contribution < 1.29 is 18.9 Å². The molecule has 1 aliphatic heterocycles. The van der Waals surface area contributed by atoms with Crippen molar-refractivity contribution in [1.82, 2.24) is 15.1 Å². The lowest BCUT2D eigenvalue weighted by Gasteiger charge is -2.37. The Labute approximate surface area is 204 Å². The maximum atomic E-state index is 5.50. The average Bonchev–Trinajstić information content (AvgIpc) is 2.76. The molecule has 178 valence electrons. The summed E-state index contributed by atoms with van der Waals surface area (Å²) in [5, 5.41) is 3.41. The number of halogens is 1. The summed E-state index contributed by atoms with van der Waals surface area (Å²) in [5.74, 6) is 2.95. The van der Waals surface area contributed by atoms with Crippen LogP contribution in [0.2, 0.25) is 0 Å². The van der Waals surface area contributed by atoms with Crippen molar-refractivity contribution in [3.05, 3.63) is 17.7 Å². The number of guanidine groups is 1. The molecule has 0 amide bonds. The molecule has 0 saturated carbocycles. The predicted octanol–water partition coefficient (Wildman–Crippen LogP) is 2.84. The first-order valence-electron chi connectivity index (χ1n) is 10.5. The highest BCUT2D eigenvalue weighted by Gasteiger charge is 2.22. The monoisotopic (exact) mass is 550 g/mol. The molecule has 0 aliphatic carbocycles. The highest BCUT2D eigenvalue weighted by atomic mass is 127. The second-order valence-electron chi connectivity index (χ2n) is 7.93. The first kappa shape index (κ1) is 27.6. The van der Waals surface area contributed by atoms with Crippen molar-refractivity contribution in [3.8, 4) is 17.2 Å².